The number of hydrogen-bond acceptors (Lipinski definition) is 8. The fraction of sp³-hybridized carbons (Fsp3) is 0.500. The maximum atomic E-state index is 13.8. The fourth-order valence-electron chi connectivity index (χ4n) is 7.05. The van der Waals surface area contributed by atoms with Crippen LogP contribution in [-0.4, -0.2) is 61.2 Å². The second-order valence-electron chi connectivity index (χ2n) is 11.5. The van der Waals surface area contributed by atoms with Gasteiger partial charge in [-0.15, -0.1) is 11.8 Å². The molecule has 2 aromatic carbocycles. The molecule has 2 saturated heterocycles. The molecule has 0 unspecified atom stereocenters. The number of allylic oxidation sites excluding steroid dienone is 1. The van der Waals surface area contributed by atoms with Gasteiger partial charge in [-0.2, -0.15) is 0 Å². The van der Waals surface area contributed by atoms with Gasteiger partial charge in [0.15, 0.2) is 5.75 Å². The van der Waals surface area contributed by atoms with Crippen molar-refractivity contribution in [2.24, 2.45) is 11.8 Å². The molecule has 3 aliphatic heterocycles. The van der Waals surface area contributed by atoms with Crippen LogP contribution in [0.25, 0.3) is 0 Å². The van der Waals surface area contributed by atoms with Crippen LogP contribution in [0.3, 0.4) is 0 Å². The topological polar surface area (TPSA) is 77.1 Å². The summed E-state index contributed by atoms with van der Waals surface area (Å²) in [4.78, 5) is 31.4. The van der Waals surface area contributed by atoms with Gasteiger partial charge in [0.25, 0.3) is 0 Å². The summed E-state index contributed by atoms with van der Waals surface area (Å²) in [5.74, 6) is 1.25. The molecule has 6 rings (SSSR count). The van der Waals surface area contributed by atoms with Gasteiger partial charge in [0, 0.05) is 40.4 Å². The number of benzene rings is 2. The Morgan fingerprint density at radius 2 is 1.88 bits per heavy atom. The minimum absolute atomic E-state index is 0.138. The molecule has 0 saturated carbocycles. The van der Waals surface area contributed by atoms with Crippen molar-refractivity contribution in [3.05, 3.63) is 52.7 Å². The number of methoxy groups -OCH3 is 2. The number of nitrogens with one attached hydrogen (secondary N) is 1. The fourth-order valence-corrected chi connectivity index (χ4v) is 8.55. The molecule has 2 fully saturated rings. The van der Waals surface area contributed by atoms with Crippen LogP contribution in [0.15, 0.2) is 47.0 Å². The first-order valence-corrected chi connectivity index (χ1v) is 15.9. The third-order valence-electron chi connectivity index (χ3n) is 9.17. The molecule has 218 valence electrons. The largest absolute Gasteiger partial charge is 0.496 e. The molecule has 1 N–H and O–H groups in total. The lowest BCUT2D eigenvalue weighted by molar-refractivity contribution is -0.129. The molecule has 3 heterocycles. The maximum absolute atomic E-state index is 13.8. The first kappa shape index (κ1) is 28.4. The monoisotopic (exact) mass is 596 g/mol. The Balaban J connectivity index is 1.21. The number of fused-ring (bicyclic) bond motifs is 2. The summed E-state index contributed by atoms with van der Waals surface area (Å²) in [5.41, 5.74) is 0.245. The Bertz CT molecular complexity index is 1390. The third-order valence-corrected chi connectivity index (χ3v) is 10.8. The van der Waals surface area contributed by atoms with Gasteiger partial charge in [0.1, 0.15) is 22.1 Å². The number of thioether (sulfide) groups is 1. The Hall–Kier alpha value is -2.68. The van der Waals surface area contributed by atoms with E-state index in [4.69, 9.17) is 25.8 Å². The van der Waals surface area contributed by atoms with Gasteiger partial charge in [-0.25, -0.2) is 0 Å². The second kappa shape index (κ2) is 11.5. The molecular weight excluding hydrogens is 560 g/mol. The van der Waals surface area contributed by atoms with Gasteiger partial charge in [-0.1, -0.05) is 37.1 Å². The minimum atomic E-state index is -1.68. The number of anilines is 1. The van der Waals surface area contributed by atoms with Crippen molar-refractivity contribution in [2.75, 3.05) is 38.4 Å². The van der Waals surface area contributed by atoms with E-state index in [0.717, 1.165) is 17.1 Å². The van der Waals surface area contributed by atoms with Crippen LogP contribution in [0.2, 0.25) is 5.02 Å². The van der Waals surface area contributed by atoms with Crippen molar-refractivity contribution in [3.63, 3.8) is 0 Å². The molecule has 7 nitrogen and oxygen atoms in total. The zero-order valence-corrected chi connectivity index (χ0v) is 25.4. The predicted octanol–water partition coefficient (Wildman–Crippen LogP) is 6.63. The van der Waals surface area contributed by atoms with Gasteiger partial charge < -0.3 is 24.4 Å². The van der Waals surface area contributed by atoms with E-state index in [1.54, 1.807) is 6.07 Å². The highest BCUT2D eigenvalue weighted by molar-refractivity contribution is 7.99. The van der Waals surface area contributed by atoms with E-state index in [1.165, 1.54) is 70.4 Å². The summed E-state index contributed by atoms with van der Waals surface area (Å²) in [6, 6.07) is 10.5. The molecule has 1 aliphatic carbocycles. The third kappa shape index (κ3) is 4.92. The van der Waals surface area contributed by atoms with Gasteiger partial charge >= 0.3 is 0 Å². The number of para-hydroxylation sites is 1. The standard InChI is InChI=1S/C32H37ClN2O5S/c1-19-15-21(16-27(36)32(19)31(37)28-24(38-2)17-25(39-3)29(33)30(28)40-32)34-22-10-4-5-12-26(22)41-18-20-9-8-14-35-13-7-6-11-23(20)35/h4-5,10,12,16-17,19-20,23,34H,6-9,11,13-15,18H2,1-3H3/t19-,20+,23-,32+/m1/s1. The molecule has 0 amide bonds. The molecule has 41 heavy (non-hydrogen) atoms. The predicted molar refractivity (Wildman–Crippen MR) is 162 cm³/mol. The van der Waals surface area contributed by atoms with E-state index in [2.05, 4.69) is 28.4 Å². The quantitative estimate of drug-likeness (QED) is 0.282. The molecule has 4 atom stereocenters. The molecule has 9 heteroatoms. The van der Waals surface area contributed by atoms with Crippen molar-refractivity contribution in [1.82, 2.24) is 4.90 Å². The van der Waals surface area contributed by atoms with E-state index < -0.39 is 23.1 Å². The van der Waals surface area contributed by atoms with Crippen molar-refractivity contribution in [2.45, 2.75) is 62.0 Å². The van der Waals surface area contributed by atoms with Crippen LogP contribution in [-0.2, 0) is 4.79 Å². The van der Waals surface area contributed by atoms with Gasteiger partial charge in [-0.3, -0.25) is 9.59 Å². The molecule has 0 radical (unpaired) electrons. The number of rotatable bonds is 7. The smallest absolute Gasteiger partial charge is 0.236 e. The molecule has 2 aromatic rings. The number of Topliss-reactive ketones (excluding diaryl/α,β-unsaturated/α-hetero) is 1. The first-order valence-electron chi connectivity index (χ1n) is 14.5. The highest BCUT2D eigenvalue weighted by Gasteiger charge is 2.60. The van der Waals surface area contributed by atoms with Crippen LogP contribution in [0, 0.1) is 11.8 Å². The Kier molecular flexibility index (Phi) is 8.00. The van der Waals surface area contributed by atoms with E-state index >= 15 is 0 Å². The molecule has 0 aromatic heterocycles. The van der Waals surface area contributed by atoms with Gasteiger partial charge in [-0.05, 0) is 63.2 Å². The molecule has 1 spiro atoms. The summed E-state index contributed by atoms with van der Waals surface area (Å²) in [5, 5.41) is 3.67. The van der Waals surface area contributed by atoms with Crippen LogP contribution in [0.5, 0.6) is 17.2 Å². The van der Waals surface area contributed by atoms with E-state index in [1.807, 2.05) is 24.8 Å². The van der Waals surface area contributed by atoms with Crippen molar-refractivity contribution in [3.8, 4) is 17.2 Å². The Morgan fingerprint density at radius 1 is 1.10 bits per heavy atom. The number of ether oxygens (including phenoxy) is 3. The normalized spacial score (nSPS) is 27.6. The van der Waals surface area contributed by atoms with Crippen molar-refractivity contribution < 1.29 is 23.8 Å². The second-order valence-corrected chi connectivity index (χ2v) is 13.0. The lowest BCUT2D eigenvalue weighted by atomic mass is 9.74. The summed E-state index contributed by atoms with van der Waals surface area (Å²) < 4.78 is 17.0. The Labute approximate surface area is 250 Å². The molecule has 4 aliphatic rings. The van der Waals surface area contributed by atoms with E-state index in [9.17, 15) is 9.59 Å². The van der Waals surface area contributed by atoms with Crippen molar-refractivity contribution in [1.29, 1.82) is 0 Å². The van der Waals surface area contributed by atoms with E-state index in [0.29, 0.717) is 24.1 Å². The summed E-state index contributed by atoms with van der Waals surface area (Å²) in [7, 11) is 2.94. The number of hydrogen-bond donors (Lipinski definition) is 1. The number of nitrogens with zero attached hydrogens (tertiary/aromatic N) is 1. The molecular formula is C32H37ClN2O5S. The SMILES string of the molecule is COc1cc(OC)c2c(c1Cl)O[C@@]1(C(=O)C=C(Nc3ccccc3SC[C@@H]3CCCN4CCCC[C@H]34)C[C@H]1C)C2=O. The van der Waals surface area contributed by atoms with Crippen molar-refractivity contribution >= 4 is 40.6 Å². The van der Waals surface area contributed by atoms with E-state index in [-0.39, 0.29) is 22.1 Å². The lowest BCUT2D eigenvalue weighted by Crippen LogP contribution is -2.55. The zero-order chi connectivity index (χ0) is 28.7. The average molecular weight is 597 g/mol. The number of carbonyl (C=O) groups excluding carboxylic acids is 2. The Morgan fingerprint density at radius 3 is 2.66 bits per heavy atom. The van der Waals surface area contributed by atoms with Crippen LogP contribution < -0.4 is 19.5 Å². The van der Waals surface area contributed by atoms with Gasteiger partial charge in [0.2, 0.25) is 17.2 Å². The number of carbonyl (C=O) groups is 2. The molecule has 0 bridgehead atoms. The highest BCUT2D eigenvalue weighted by Crippen LogP contribution is 2.53. The minimum Gasteiger partial charge on any atom is -0.496 e. The number of ketones is 2. The highest BCUT2D eigenvalue weighted by atomic mass is 35.5. The number of piperidine rings is 2. The average Bonchev–Trinajstić information content (AvgIpc) is 3.30. The van der Waals surface area contributed by atoms with Crippen LogP contribution in [0.1, 0.15) is 55.8 Å². The summed E-state index contributed by atoms with van der Waals surface area (Å²) in [6.45, 7) is 4.36. The summed E-state index contributed by atoms with van der Waals surface area (Å²) in [6.07, 6.45) is 8.53. The first-order chi connectivity index (χ1) is 19.9. The van der Waals surface area contributed by atoms with Gasteiger partial charge in [0.05, 0.1) is 19.9 Å². The van der Waals surface area contributed by atoms with Crippen LogP contribution >= 0.6 is 23.4 Å². The zero-order valence-electron chi connectivity index (χ0n) is 23.8. The number of halogens is 1. The summed E-state index contributed by atoms with van der Waals surface area (Å²) >= 11 is 8.42. The lowest BCUT2D eigenvalue weighted by Gasteiger charge is -2.44. The van der Waals surface area contributed by atoms with Crippen LogP contribution in [0.4, 0.5) is 5.69 Å². The maximum Gasteiger partial charge on any atom is 0.236 e.